The molecule has 0 saturated heterocycles. The Kier molecular flexibility index (Phi) is 4.46. The smallest absolute Gasteiger partial charge is 0.0662 e. The first-order valence-corrected chi connectivity index (χ1v) is 6.80. The van der Waals surface area contributed by atoms with Crippen LogP contribution in [0.15, 0.2) is 58.5 Å². The molecule has 0 aliphatic rings. The lowest BCUT2D eigenvalue weighted by Gasteiger charge is -2.05. The summed E-state index contributed by atoms with van der Waals surface area (Å²) in [4.78, 5) is 9.34. The minimum atomic E-state index is 0.947. The van der Waals surface area contributed by atoms with E-state index in [2.05, 4.69) is 36.0 Å². The van der Waals surface area contributed by atoms with Gasteiger partial charge in [0, 0.05) is 0 Å². The molecule has 0 unspecified atom stereocenters. The first kappa shape index (κ1) is 14.2. The van der Waals surface area contributed by atoms with E-state index >= 15 is 0 Å². The van der Waals surface area contributed by atoms with Gasteiger partial charge in [-0.15, -0.1) is 0 Å². The lowest BCUT2D eigenvalue weighted by Crippen LogP contribution is -2.04. The summed E-state index contributed by atoms with van der Waals surface area (Å²) >= 11 is 0. The highest BCUT2D eigenvalue weighted by atomic mass is 14.8. The largest absolute Gasteiger partial charge is 0.252 e. The number of aliphatic imine (C=N–C) groups is 2. The van der Waals surface area contributed by atoms with Crippen molar-refractivity contribution in [3.05, 3.63) is 59.7 Å². The number of aryl methyl sites for hydroxylation is 2. The predicted octanol–water partition coefficient (Wildman–Crippen LogP) is 5.19. The molecule has 0 atom stereocenters. The zero-order chi connectivity index (χ0) is 14.5. The van der Waals surface area contributed by atoms with Gasteiger partial charge < -0.3 is 0 Å². The third-order valence-electron chi connectivity index (χ3n) is 3.33. The first-order chi connectivity index (χ1) is 9.58. The summed E-state index contributed by atoms with van der Waals surface area (Å²) in [6.07, 6.45) is 0. The molecule has 0 radical (unpaired) electrons. The fourth-order valence-electron chi connectivity index (χ4n) is 1.90. The van der Waals surface area contributed by atoms with Crippen molar-refractivity contribution in [2.45, 2.75) is 27.7 Å². The lowest BCUT2D eigenvalue weighted by atomic mass is 10.2. The number of rotatable bonds is 3. The van der Waals surface area contributed by atoms with Crippen LogP contribution in [0.5, 0.6) is 0 Å². The van der Waals surface area contributed by atoms with Crippen LogP contribution in [0.2, 0.25) is 0 Å². The second-order valence-electron chi connectivity index (χ2n) is 4.97. The van der Waals surface area contributed by atoms with Crippen LogP contribution < -0.4 is 0 Å². The van der Waals surface area contributed by atoms with Gasteiger partial charge in [0.05, 0.1) is 22.8 Å². The molecule has 0 N–H and O–H groups in total. The Labute approximate surface area is 120 Å². The SMILES string of the molecule is CC(=N\c1ccccc1C)/C(C)=N/c1ccccc1C. The van der Waals surface area contributed by atoms with Crippen molar-refractivity contribution in [3.63, 3.8) is 0 Å². The highest BCUT2D eigenvalue weighted by molar-refractivity contribution is 6.41. The monoisotopic (exact) mass is 264 g/mol. The summed E-state index contributed by atoms with van der Waals surface area (Å²) < 4.78 is 0. The van der Waals surface area contributed by atoms with E-state index in [-0.39, 0.29) is 0 Å². The van der Waals surface area contributed by atoms with Gasteiger partial charge in [0.1, 0.15) is 0 Å². The summed E-state index contributed by atoms with van der Waals surface area (Å²) in [5, 5.41) is 0. The molecule has 102 valence electrons. The minimum Gasteiger partial charge on any atom is -0.252 e. The van der Waals surface area contributed by atoms with Gasteiger partial charge in [-0.1, -0.05) is 36.4 Å². The number of hydrogen-bond donors (Lipinski definition) is 0. The summed E-state index contributed by atoms with van der Waals surface area (Å²) in [5.74, 6) is 0. The summed E-state index contributed by atoms with van der Waals surface area (Å²) in [6, 6.07) is 16.3. The van der Waals surface area contributed by atoms with Crippen molar-refractivity contribution >= 4 is 22.8 Å². The minimum absolute atomic E-state index is 0.947. The van der Waals surface area contributed by atoms with E-state index in [4.69, 9.17) is 0 Å². The van der Waals surface area contributed by atoms with Crippen molar-refractivity contribution in [1.29, 1.82) is 0 Å². The molecule has 2 nitrogen and oxygen atoms in total. The third-order valence-corrected chi connectivity index (χ3v) is 3.33. The van der Waals surface area contributed by atoms with E-state index in [0.29, 0.717) is 0 Å². The Morgan fingerprint density at radius 3 is 1.35 bits per heavy atom. The Hall–Kier alpha value is -2.22. The van der Waals surface area contributed by atoms with E-state index in [1.807, 2.05) is 50.2 Å². The fraction of sp³-hybridized carbons (Fsp3) is 0.222. The van der Waals surface area contributed by atoms with Crippen molar-refractivity contribution < 1.29 is 0 Å². The average Bonchev–Trinajstić information content (AvgIpc) is 2.43. The number of benzene rings is 2. The van der Waals surface area contributed by atoms with Crippen LogP contribution in [0.3, 0.4) is 0 Å². The maximum Gasteiger partial charge on any atom is 0.0662 e. The van der Waals surface area contributed by atoms with Crippen LogP contribution in [-0.2, 0) is 0 Å². The molecule has 0 aliphatic carbocycles. The van der Waals surface area contributed by atoms with Crippen molar-refractivity contribution in [3.8, 4) is 0 Å². The van der Waals surface area contributed by atoms with Gasteiger partial charge in [-0.2, -0.15) is 0 Å². The van der Waals surface area contributed by atoms with Gasteiger partial charge in [-0.3, -0.25) is 9.98 Å². The molecule has 2 heteroatoms. The number of nitrogens with zero attached hydrogens (tertiary/aromatic N) is 2. The van der Waals surface area contributed by atoms with Crippen LogP contribution in [0.25, 0.3) is 0 Å². The van der Waals surface area contributed by atoms with Gasteiger partial charge in [0.25, 0.3) is 0 Å². The van der Waals surface area contributed by atoms with E-state index in [1.54, 1.807) is 0 Å². The molecule has 0 bridgehead atoms. The van der Waals surface area contributed by atoms with Crippen molar-refractivity contribution in [2.24, 2.45) is 9.98 Å². The van der Waals surface area contributed by atoms with Gasteiger partial charge in [-0.25, -0.2) is 0 Å². The second kappa shape index (κ2) is 6.29. The van der Waals surface area contributed by atoms with Crippen LogP contribution in [0, 0.1) is 13.8 Å². The fourth-order valence-corrected chi connectivity index (χ4v) is 1.90. The Balaban J connectivity index is 2.32. The Morgan fingerprint density at radius 1 is 0.650 bits per heavy atom. The summed E-state index contributed by atoms with van der Waals surface area (Å²) in [5.41, 5.74) is 6.25. The van der Waals surface area contributed by atoms with Gasteiger partial charge >= 0.3 is 0 Å². The summed E-state index contributed by atoms with van der Waals surface area (Å²) in [7, 11) is 0. The highest BCUT2D eigenvalue weighted by Gasteiger charge is 2.01. The quantitative estimate of drug-likeness (QED) is 0.682. The molecule has 0 amide bonds. The lowest BCUT2D eigenvalue weighted by molar-refractivity contribution is 1.38. The van der Waals surface area contributed by atoms with Crippen LogP contribution >= 0.6 is 0 Å². The molecule has 0 aromatic heterocycles. The molecular weight excluding hydrogens is 244 g/mol. The standard InChI is InChI=1S/C18H20N2/c1-13-9-5-7-11-17(13)19-15(3)16(4)20-18-12-8-6-10-14(18)2/h5-12H,1-4H3/b19-15+,20-16+. The third kappa shape index (κ3) is 3.41. The van der Waals surface area contributed by atoms with Gasteiger partial charge in [0.15, 0.2) is 0 Å². The molecule has 20 heavy (non-hydrogen) atoms. The molecule has 0 saturated carbocycles. The Bertz CT molecular complexity index is 607. The number of para-hydroxylation sites is 2. The molecule has 0 heterocycles. The van der Waals surface area contributed by atoms with E-state index < -0.39 is 0 Å². The first-order valence-electron chi connectivity index (χ1n) is 6.80. The maximum absolute atomic E-state index is 4.67. The number of hydrogen-bond acceptors (Lipinski definition) is 2. The Morgan fingerprint density at radius 2 is 1.00 bits per heavy atom. The van der Waals surface area contributed by atoms with E-state index in [0.717, 1.165) is 22.8 Å². The van der Waals surface area contributed by atoms with Crippen LogP contribution in [0.4, 0.5) is 11.4 Å². The highest BCUT2D eigenvalue weighted by Crippen LogP contribution is 2.20. The van der Waals surface area contributed by atoms with E-state index in [9.17, 15) is 0 Å². The second-order valence-corrected chi connectivity index (χ2v) is 4.97. The maximum atomic E-state index is 4.67. The molecule has 0 aliphatic heterocycles. The topological polar surface area (TPSA) is 24.7 Å². The molecule has 2 rings (SSSR count). The summed E-state index contributed by atoms with van der Waals surface area (Å²) in [6.45, 7) is 8.15. The van der Waals surface area contributed by atoms with Crippen LogP contribution in [0.1, 0.15) is 25.0 Å². The van der Waals surface area contributed by atoms with Crippen molar-refractivity contribution in [1.82, 2.24) is 0 Å². The van der Waals surface area contributed by atoms with Crippen molar-refractivity contribution in [2.75, 3.05) is 0 Å². The zero-order valence-corrected chi connectivity index (χ0v) is 12.5. The average molecular weight is 264 g/mol. The van der Waals surface area contributed by atoms with Gasteiger partial charge in [-0.05, 0) is 51.0 Å². The predicted molar refractivity (Wildman–Crippen MR) is 87.9 cm³/mol. The van der Waals surface area contributed by atoms with E-state index in [1.165, 1.54) is 11.1 Å². The normalized spacial score (nSPS) is 12.6. The van der Waals surface area contributed by atoms with Crippen LogP contribution in [-0.4, -0.2) is 11.4 Å². The molecule has 2 aromatic carbocycles. The molecule has 2 aromatic rings. The molecular formula is C18H20N2. The van der Waals surface area contributed by atoms with Gasteiger partial charge in [0.2, 0.25) is 0 Å². The molecule has 0 spiro atoms. The zero-order valence-electron chi connectivity index (χ0n) is 12.5. The molecule has 0 fully saturated rings.